The van der Waals surface area contributed by atoms with E-state index in [1.807, 2.05) is 20.8 Å². The molecule has 1 N–H and O–H groups in total. The quantitative estimate of drug-likeness (QED) is 0.665. The van der Waals surface area contributed by atoms with E-state index < -0.39 is 28.8 Å². The van der Waals surface area contributed by atoms with Gasteiger partial charge in [-0.2, -0.15) is 0 Å². The first-order valence-corrected chi connectivity index (χ1v) is 6.88. The Morgan fingerprint density at radius 2 is 1.91 bits per heavy atom. The van der Waals surface area contributed by atoms with Gasteiger partial charge in [0.1, 0.15) is 6.54 Å². The molecule has 0 fully saturated rings. The highest BCUT2D eigenvalue weighted by Gasteiger charge is 2.27. The molecule has 7 heteroatoms. The largest absolute Gasteiger partial charge is 0.480 e. The average molecular weight is 308 g/mol. The van der Waals surface area contributed by atoms with E-state index in [0.717, 1.165) is 4.90 Å². The third-order valence-electron chi connectivity index (χ3n) is 3.24. The standard InChI is InChI=1S/C15H20N2O5/c1-5-16(9-13(18)19)14(20)10-6-7-11(15(2,3)4)12(8-10)17(21)22/h6-8H,5,9H2,1-4H3,(H,18,19). The molecule has 120 valence electrons. The lowest BCUT2D eigenvalue weighted by molar-refractivity contribution is -0.386. The first-order chi connectivity index (χ1) is 10.1. The zero-order valence-corrected chi connectivity index (χ0v) is 13.1. The van der Waals surface area contributed by atoms with Crippen LogP contribution in [0, 0.1) is 10.1 Å². The Balaban J connectivity index is 3.27. The number of carboxylic acid groups (broad SMARTS) is 1. The highest BCUT2D eigenvalue weighted by atomic mass is 16.6. The number of carboxylic acids is 1. The lowest BCUT2D eigenvalue weighted by atomic mass is 9.85. The van der Waals surface area contributed by atoms with E-state index in [0.29, 0.717) is 5.56 Å². The molecule has 0 heterocycles. The maximum atomic E-state index is 12.3. The van der Waals surface area contributed by atoms with Gasteiger partial charge in [0.2, 0.25) is 0 Å². The summed E-state index contributed by atoms with van der Waals surface area (Å²) in [5.74, 6) is -1.66. The Kier molecular flexibility index (Phi) is 5.24. The van der Waals surface area contributed by atoms with E-state index in [1.165, 1.54) is 12.1 Å². The Bertz CT molecular complexity index is 604. The van der Waals surface area contributed by atoms with Crippen molar-refractivity contribution in [3.05, 3.63) is 39.4 Å². The SMILES string of the molecule is CCN(CC(=O)O)C(=O)c1ccc(C(C)(C)C)c([N+](=O)[O-])c1. The van der Waals surface area contributed by atoms with Gasteiger partial charge < -0.3 is 10.0 Å². The molecule has 1 rings (SSSR count). The fraction of sp³-hybridized carbons (Fsp3) is 0.467. The zero-order chi connectivity index (χ0) is 17.1. The topological polar surface area (TPSA) is 101 Å². The molecule has 0 atom stereocenters. The van der Waals surface area contributed by atoms with Gasteiger partial charge in [0.15, 0.2) is 0 Å². The van der Waals surface area contributed by atoms with Gasteiger partial charge in [-0.3, -0.25) is 19.7 Å². The van der Waals surface area contributed by atoms with Crippen LogP contribution in [-0.4, -0.2) is 39.9 Å². The summed E-state index contributed by atoms with van der Waals surface area (Å²) in [6, 6.07) is 4.27. The highest BCUT2D eigenvalue weighted by molar-refractivity contribution is 5.96. The van der Waals surface area contributed by atoms with Crippen LogP contribution < -0.4 is 0 Å². The number of rotatable bonds is 5. The number of carbonyl (C=O) groups is 2. The van der Waals surface area contributed by atoms with Crippen LogP contribution >= 0.6 is 0 Å². The summed E-state index contributed by atoms with van der Waals surface area (Å²) in [7, 11) is 0. The third-order valence-corrected chi connectivity index (χ3v) is 3.24. The van der Waals surface area contributed by atoms with Gasteiger partial charge in [-0.1, -0.05) is 26.8 Å². The van der Waals surface area contributed by atoms with E-state index in [2.05, 4.69) is 0 Å². The minimum absolute atomic E-state index is 0.114. The molecule has 0 aliphatic rings. The lowest BCUT2D eigenvalue weighted by Crippen LogP contribution is -2.35. The molecule has 0 aromatic heterocycles. The molecule has 0 bridgehead atoms. The Morgan fingerprint density at radius 1 is 1.32 bits per heavy atom. The summed E-state index contributed by atoms with van der Waals surface area (Å²) in [6.45, 7) is 6.96. The van der Waals surface area contributed by atoms with Gasteiger partial charge in [-0.15, -0.1) is 0 Å². The minimum atomic E-state index is -1.13. The van der Waals surface area contributed by atoms with Gasteiger partial charge in [0.25, 0.3) is 11.6 Å². The van der Waals surface area contributed by atoms with Crippen LogP contribution in [-0.2, 0) is 10.2 Å². The van der Waals surface area contributed by atoms with Crippen LogP contribution in [0.3, 0.4) is 0 Å². The van der Waals surface area contributed by atoms with Gasteiger partial charge in [0, 0.05) is 23.7 Å². The molecule has 1 aromatic rings. The van der Waals surface area contributed by atoms with E-state index in [1.54, 1.807) is 13.0 Å². The van der Waals surface area contributed by atoms with Gasteiger partial charge in [-0.25, -0.2) is 0 Å². The lowest BCUT2D eigenvalue weighted by Gasteiger charge is -2.21. The Labute approximate surface area is 128 Å². The summed E-state index contributed by atoms with van der Waals surface area (Å²) < 4.78 is 0. The predicted octanol–water partition coefficient (Wildman–Crippen LogP) is 2.44. The first kappa shape index (κ1) is 17.6. The second kappa shape index (κ2) is 6.55. The molecule has 0 unspecified atom stereocenters. The predicted molar refractivity (Wildman–Crippen MR) is 81.0 cm³/mol. The van der Waals surface area contributed by atoms with Crippen molar-refractivity contribution in [2.75, 3.05) is 13.1 Å². The molecule has 1 amide bonds. The second-order valence-corrected chi connectivity index (χ2v) is 5.95. The van der Waals surface area contributed by atoms with E-state index >= 15 is 0 Å². The number of hydrogen-bond donors (Lipinski definition) is 1. The smallest absolute Gasteiger partial charge is 0.323 e. The van der Waals surface area contributed by atoms with E-state index in [-0.39, 0.29) is 17.8 Å². The second-order valence-electron chi connectivity index (χ2n) is 5.95. The summed E-state index contributed by atoms with van der Waals surface area (Å²) in [4.78, 5) is 34.9. The first-order valence-electron chi connectivity index (χ1n) is 6.88. The monoisotopic (exact) mass is 308 g/mol. The van der Waals surface area contributed by atoms with E-state index in [9.17, 15) is 19.7 Å². The van der Waals surface area contributed by atoms with Crippen molar-refractivity contribution in [3.8, 4) is 0 Å². The van der Waals surface area contributed by atoms with Crippen molar-refractivity contribution in [1.82, 2.24) is 4.90 Å². The van der Waals surface area contributed by atoms with Crippen LogP contribution in [0.4, 0.5) is 5.69 Å². The zero-order valence-electron chi connectivity index (χ0n) is 13.1. The maximum Gasteiger partial charge on any atom is 0.323 e. The van der Waals surface area contributed by atoms with Crippen molar-refractivity contribution < 1.29 is 19.6 Å². The van der Waals surface area contributed by atoms with Crippen LogP contribution in [0.1, 0.15) is 43.6 Å². The average Bonchev–Trinajstić information content (AvgIpc) is 2.42. The number of carbonyl (C=O) groups excluding carboxylic acids is 1. The van der Waals surface area contributed by atoms with Gasteiger partial charge in [0.05, 0.1) is 4.92 Å². The van der Waals surface area contributed by atoms with Gasteiger partial charge >= 0.3 is 5.97 Å². The fourth-order valence-electron chi connectivity index (χ4n) is 2.12. The fourth-order valence-corrected chi connectivity index (χ4v) is 2.12. The van der Waals surface area contributed by atoms with Crippen LogP contribution in [0.5, 0.6) is 0 Å². The number of hydrogen-bond acceptors (Lipinski definition) is 4. The number of amides is 1. The molecule has 0 saturated carbocycles. The summed E-state index contributed by atoms with van der Waals surface area (Å²) in [5, 5.41) is 20.0. The van der Waals surface area contributed by atoms with Crippen molar-refractivity contribution in [2.45, 2.75) is 33.1 Å². The molecule has 0 spiro atoms. The summed E-state index contributed by atoms with van der Waals surface area (Å²) >= 11 is 0. The normalized spacial score (nSPS) is 11.1. The number of nitro benzene ring substituents is 1. The molecular weight excluding hydrogens is 288 g/mol. The van der Waals surface area contributed by atoms with Crippen LogP contribution in [0.25, 0.3) is 0 Å². The van der Waals surface area contributed by atoms with Crippen molar-refractivity contribution in [3.63, 3.8) is 0 Å². The number of nitro groups is 1. The molecule has 0 radical (unpaired) electrons. The van der Waals surface area contributed by atoms with E-state index in [4.69, 9.17) is 5.11 Å². The molecule has 0 saturated heterocycles. The Morgan fingerprint density at radius 3 is 2.32 bits per heavy atom. The minimum Gasteiger partial charge on any atom is -0.480 e. The van der Waals surface area contributed by atoms with Crippen molar-refractivity contribution >= 4 is 17.6 Å². The Hall–Kier alpha value is -2.44. The third kappa shape index (κ3) is 4.03. The number of nitrogens with zero attached hydrogens (tertiary/aromatic N) is 2. The van der Waals surface area contributed by atoms with Crippen LogP contribution in [0.15, 0.2) is 18.2 Å². The van der Waals surface area contributed by atoms with Crippen molar-refractivity contribution in [2.24, 2.45) is 0 Å². The molecule has 22 heavy (non-hydrogen) atoms. The number of aliphatic carboxylic acids is 1. The molecular formula is C15H20N2O5. The number of likely N-dealkylation sites (N-methyl/N-ethyl adjacent to an activating group) is 1. The summed E-state index contributed by atoms with van der Waals surface area (Å²) in [6.07, 6.45) is 0. The summed E-state index contributed by atoms with van der Waals surface area (Å²) in [5.41, 5.74) is 0.0676. The molecule has 0 aliphatic heterocycles. The number of benzene rings is 1. The molecule has 0 aliphatic carbocycles. The van der Waals surface area contributed by atoms with Gasteiger partial charge in [-0.05, 0) is 18.4 Å². The highest BCUT2D eigenvalue weighted by Crippen LogP contribution is 2.32. The molecule has 7 nitrogen and oxygen atoms in total. The molecule has 1 aromatic carbocycles. The van der Waals surface area contributed by atoms with Crippen LogP contribution in [0.2, 0.25) is 0 Å². The van der Waals surface area contributed by atoms with Crippen molar-refractivity contribution in [1.29, 1.82) is 0 Å². The maximum absolute atomic E-state index is 12.3.